The molecule has 1 saturated heterocycles. The molecule has 1 aromatic rings. The molecule has 0 bridgehead atoms. The summed E-state index contributed by atoms with van der Waals surface area (Å²) in [6.07, 6.45) is 1.43. The fraction of sp³-hybridized carbons (Fsp3) is 0.815. The molecule has 4 rings (SSSR count). The Labute approximate surface area is 233 Å². The quantitative estimate of drug-likeness (QED) is 0.271. The first-order chi connectivity index (χ1) is 18.2. The van der Waals surface area contributed by atoms with E-state index in [2.05, 4.69) is 46.6 Å². The van der Waals surface area contributed by atoms with E-state index in [9.17, 15) is 18.0 Å². The molecule has 3 heterocycles. The number of aryl methyl sites for hydroxylation is 1. The molecule has 39 heavy (non-hydrogen) atoms. The summed E-state index contributed by atoms with van der Waals surface area (Å²) in [6.45, 7) is 15.9. The van der Waals surface area contributed by atoms with E-state index in [0.29, 0.717) is 53.7 Å². The summed E-state index contributed by atoms with van der Waals surface area (Å²) in [5, 5.41) is 4.26. The number of aromatic nitrogens is 2. The first-order valence-corrected chi connectivity index (χ1v) is 17.8. The van der Waals surface area contributed by atoms with Gasteiger partial charge in [0.05, 0.1) is 31.2 Å². The fourth-order valence-corrected chi connectivity index (χ4v) is 15.2. The van der Waals surface area contributed by atoms with E-state index >= 15 is 0 Å². The van der Waals surface area contributed by atoms with Crippen LogP contribution in [-0.2, 0) is 37.2 Å². The summed E-state index contributed by atoms with van der Waals surface area (Å²) in [4.78, 5) is 27.5. The van der Waals surface area contributed by atoms with Gasteiger partial charge in [0.25, 0.3) is 5.91 Å². The second kappa shape index (κ2) is 10.6. The Bertz CT molecular complexity index is 1190. The first-order valence-electron chi connectivity index (χ1n) is 14.2. The van der Waals surface area contributed by atoms with Gasteiger partial charge < -0.3 is 18.8 Å². The van der Waals surface area contributed by atoms with Crippen LogP contribution in [0.25, 0.3) is 0 Å². The minimum Gasteiger partial charge on any atom is -0.461 e. The Morgan fingerprint density at radius 3 is 2.13 bits per heavy atom. The number of nitrogens with zero attached hydrogens (tertiary/aromatic N) is 3. The van der Waals surface area contributed by atoms with Crippen LogP contribution in [0.5, 0.6) is 0 Å². The van der Waals surface area contributed by atoms with E-state index in [0.717, 1.165) is 0 Å². The molecule has 0 atom stereocenters. The number of sulfone groups is 1. The highest BCUT2D eigenvalue weighted by Gasteiger charge is 2.67. The van der Waals surface area contributed by atoms with Crippen LogP contribution in [0.4, 0.5) is 0 Å². The summed E-state index contributed by atoms with van der Waals surface area (Å²) >= 11 is 0. The Kier molecular flexibility index (Phi) is 8.19. The second-order valence-electron chi connectivity index (χ2n) is 12.5. The Morgan fingerprint density at radius 2 is 1.67 bits per heavy atom. The number of esters is 1. The minimum atomic E-state index is -3.70. The standard InChI is InChI=1S/C27H45N3O7SSi/c1-9-36-25(32)22-21-10-13-30(24(31)23(21)29(8)28-22)14-26(11-12-26)38(33,34)27(15-35-16-27)17-37-39(18(2)3,19(4)5)20(6)7/h18-20H,9-17H2,1-8H3. The van der Waals surface area contributed by atoms with Crippen LogP contribution in [-0.4, -0.2) is 92.3 Å². The van der Waals surface area contributed by atoms with Crippen molar-refractivity contribution in [3.05, 3.63) is 17.0 Å². The van der Waals surface area contributed by atoms with E-state index in [1.54, 1.807) is 18.9 Å². The molecule has 12 heteroatoms. The van der Waals surface area contributed by atoms with Crippen molar-refractivity contribution in [1.82, 2.24) is 14.7 Å². The van der Waals surface area contributed by atoms with Gasteiger partial charge >= 0.3 is 5.97 Å². The molecular formula is C27H45N3O7SSi. The molecule has 2 fully saturated rings. The molecule has 10 nitrogen and oxygen atoms in total. The average Bonchev–Trinajstić information content (AvgIpc) is 3.53. The fourth-order valence-electron chi connectivity index (χ4n) is 6.95. The number of hydrogen-bond donors (Lipinski definition) is 0. The van der Waals surface area contributed by atoms with Gasteiger partial charge in [0.2, 0.25) is 0 Å². The van der Waals surface area contributed by atoms with Crippen LogP contribution < -0.4 is 0 Å². The largest absolute Gasteiger partial charge is 0.461 e. The Balaban J connectivity index is 1.57. The van der Waals surface area contributed by atoms with Crippen LogP contribution in [0.3, 0.4) is 0 Å². The lowest BCUT2D eigenvalue weighted by Crippen LogP contribution is -2.65. The van der Waals surface area contributed by atoms with Crippen LogP contribution >= 0.6 is 0 Å². The minimum absolute atomic E-state index is 0.121. The molecule has 1 aliphatic carbocycles. The third-order valence-corrected chi connectivity index (χ3v) is 18.4. The summed E-state index contributed by atoms with van der Waals surface area (Å²) in [5.41, 5.74) is 2.07. The SMILES string of the molecule is CCOC(=O)c1nn(C)c2c1CCN(CC1(S(=O)(=O)C3(CO[Si](C(C)C)(C(C)C)C(C)C)COC3)CC1)C2=O. The lowest BCUT2D eigenvalue weighted by atomic mass is 10.0. The molecule has 220 valence electrons. The maximum absolute atomic E-state index is 14.3. The highest BCUT2D eigenvalue weighted by Crippen LogP contribution is 2.52. The van der Waals surface area contributed by atoms with Gasteiger partial charge in [-0.15, -0.1) is 0 Å². The van der Waals surface area contributed by atoms with Gasteiger partial charge in [0.15, 0.2) is 23.8 Å². The predicted octanol–water partition coefficient (Wildman–Crippen LogP) is 3.50. The second-order valence-corrected chi connectivity index (χ2v) is 20.7. The molecule has 0 radical (unpaired) electrons. The van der Waals surface area contributed by atoms with Crippen LogP contribution in [0, 0.1) is 0 Å². The summed E-state index contributed by atoms with van der Waals surface area (Å²) < 4.78 is 45.4. The molecule has 0 aromatic carbocycles. The third kappa shape index (κ3) is 4.68. The third-order valence-electron chi connectivity index (χ3n) is 9.18. The van der Waals surface area contributed by atoms with E-state index in [1.807, 2.05) is 0 Å². The van der Waals surface area contributed by atoms with Crippen molar-refractivity contribution >= 4 is 30.0 Å². The van der Waals surface area contributed by atoms with E-state index in [4.69, 9.17) is 13.9 Å². The van der Waals surface area contributed by atoms with Crippen LogP contribution in [0.15, 0.2) is 0 Å². The van der Waals surface area contributed by atoms with Crippen molar-refractivity contribution in [3.8, 4) is 0 Å². The van der Waals surface area contributed by atoms with Crippen LogP contribution in [0.1, 0.15) is 87.8 Å². The zero-order valence-corrected chi connectivity index (χ0v) is 26.5. The highest BCUT2D eigenvalue weighted by molar-refractivity contribution is 7.94. The predicted molar refractivity (Wildman–Crippen MR) is 150 cm³/mol. The zero-order chi connectivity index (χ0) is 29.0. The molecule has 1 aromatic heterocycles. The number of rotatable bonds is 12. The summed E-state index contributed by atoms with van der Waals surface area (Å²) in [5.74, 6) is -0.850. The van der Waals surface area contributed by atoms with Gasteiger partial charge in [-0.2, -0.15) is 5.10 Å². The molecule has 1 amide bonds. The van der Waals surface area contributed by atoms with Gasteiger partial charge in [-0.3, -0.25) is 9.48 Å². The highest BCUT2D eigenvalue weighted by atomic mass is 32.2. The lowest BCUT2D eigenvalue weighted by Gasteiger charge is -2.48. The van der Waals surface area contributed by atoms with Crippen molar-refractivity contribution in [2.45, 2.75) is 93.8 Å². The maximum atomic E-state index is 14.3. The average molecular weight is 584 g/mol. The van der Waals surface area contributed by atoms with Gasteiger partial charge in [-0.25, -0.2) is 13.2 Å². The van der Waals surface area contributed by atoms with E-state index < -0.39 is 33.6 Å². The van der Waals surface area contributed by atoms with Crippen molar-refractivity contribution in [3.63, 3.8) is 0 Å². The summed E-state index contributed by atoms with van der Waals surface area (Å²) in [7, 11) is -4.35. The normalized spacial score (nSPS) is 20.4. The number of ether oxygens (including phenoxy) is 2. The van der Waals surface area contributed by atoms with Gasteiger partial charge in [-0.1, -0.05) is 41.5 Å². The van der Waals surface area contributed by atoms with Crippen molar-refractivity contribution in [2.24, 2.45) is 7.05 Å². The van der Waals surface area contributed by atoms with E-state index in [-0.39, 0.29) is 44.6 Å². The Hall–Kier alpha value is -1.76. The lowest BCUT2D eigenvalue weighted by molar-refractivity contribution is -0.0357. The van der Waals surface area contributed by atoms with Crippen molar-refractivity contribution in [1.29, 1.82) is 0 Å². The van der Waals surface area contributed by atoms with Crippen LogP contribution in [0.2, 0.25) is 16.6 Å². The number of hydrogen-bond acceptors (Lipinski definition) is 8. The maximum Gasteiger partial charge on any atom is 0.359 e. The molecule has 1 saturated carbocycles. The molecular weight excluding hydrogens is 538 g/mol. The van der Waals surface area contributed by atoms with Gasteiger partial charge in [0, 0.05) is 25.7 Å². The van der Waals surface area contributed by atoms with Crippen molar-refractivity contribution in [2.75, 3.05) is 39.5 Å². The monoisotopic (exact) mass is 583 g/mol. The molecule has 0 N–H and O–H groups in total. The van der Waals surface area contributed by atoms with E-state index in [1.165, 1.54) is 4.68 Å². The molecule has 0 unspecified atom stereocenters. The smallest absolute Gasteiger partial charge is 0.359 e. The van der Waals surface area contributed by atoms with Gasteiger partial charge in [0.1, 0.15) is 10.4 Å². The number of fused-ring (bicyclic) bond motifs is 1. The Morgan fingerprint density at radius 1 is 1.08 bits per heavy atom. The molecule has 0 spiro atoms. The van der Waals surface area contributed by atoms with Gasteiger partial charge in [-0.05, 0) is 42.8 Å². The first kappa shape index (κ1) is 30.2. The molecule has 2 aliphatic heterocycles. The zero-order valence-electron chi connectivity index (χ0n) is 24.7. The molecule has 3 aliphatic rings. The van der Waals surface area contributed by atoms with Crippen molar-refractivity contribution < 1.29 is 31.9 Å². The summed E-state index contributed by atoms with van der Waals surface area (Å²) in [6, 6.07) is 0. The number of carbonyl (C=O) groups is 2. The number of carbonyl (C=O) groups excluding carboxylic acids is 2. The topological polar surface area (TPSA) is 117 Å². The number of amides is 1.